The highest BCUT2D eigenvalue weighted by molar-refractivity contribution is 6.09. The number of benzene rings is 2. The van der Waals surface area contributed by atoms with Crippen LogP contribution in [0.3, 0.4) is 0 Å². The van der Waals surface area contributed by atoms with E-state index < -0.39 is 23.5 Å². The van der Waals surface area contributed by atoms with Gasteiger partial charge in [0.15, 0.2) is 11.7 Å². The lowest BCUT2D eigenvalue weighted by molar-refractivity contribution is -0.125. The summed E-state index contributed by atoms with van der Waals surface area (Å²) in [5.74, 6) is 0.682. The van der Waals surface area contributed by atoms with Gasteiger partial charge in [0, 0.05) is 23.7 Å². The summed E-state index contributed by atoms with van der Waals surface area (Å²) in [6.07, 6.45) is 1.89. The number of allylic oxidation sites excluding steroid dienone is 1. The number of carbonyl (C=O) groups excluding carboxylic acids is 2. The Labute approximate surface area is 168 Å². The first kappa shape index (κ1) is 21.3. The number of hydrogen-bond acceptors (Lipinski definition) is 2. The molecule has 0 aliphatic rings. The van der Waals surface area contributed by atoms with Gasteiger partial charge in [-0.25, -0.2) is 8.78 Å². The molecule has 6 heteroatoms. The van der Waals surface area contributed by atoms with E-state index in [9.17, 15) is 18.4 Å². The second-order valence-electron chi connectivity index (χ2n) is 5.65. The van der Waals surface area contributed by atoms with Crippen molar-refractivity contribution in [3.8, 4) is 11.8 Å². The van der Waals surface area contributed by atoms with E-state index in [4.69, 9.17) is 0 Å². The minimum atomic E-state index is -1.16. The molecule has 0 atom stereocenters. The summed E-state index contributed by atoms with van der Waals surface area (Å²) in [4.78, 5) is 26.3. The van der Waals surface area contributed by atoms with Crippen LogP contribution in [0, 0.1) is 11.8 Å². The Morgan fingerprint density at radius 2 is 1.45 bits per heavy atom. The van der Waals surface area contributed by atoms with Gasteiger partial charge in [-0.2, -0.15) is 0 Å². The summed E-state index contributed by atoms with van der Waals surface area (Å²) >= 11 is 0. The van der Waals surface area contributed by atoms with Gasteiger partial charge in [0.1, 0.15) is 0 Å². The van der Waals surface area contributed by atoms with Gasteiger partial charge in [-0.3, -0.25) is 14.5 Å². The normalized spacial score (nSPS) is 10.3. The topological polar surface area (TPSA) is 40.6 Å². The molecule has 146 valence electrons. The Balaban J connectivity index is 2.23. The molecule has 0 unspecified atom stereocenters. The smallest absolute Gasteiger partial charge is 0.292 e. The van der Waals surface area contributed by atoms with Crippen LogP contribution in [0.5, 0.6) is 0 Å². The maximum atomic E-state index is 14.5. The predicted octanol–water partition coefficient (Wildman–Crippen LogP) is 4.66. The minimum Gasteiger partial charge on any atom is -0.302 e. The molecular formula is C23H18F2N2O2. The van der Waals surface area contributed by atoms with E-state index in [1.807, 2.05) is 0 Å². The quantitative estimate of drug-likeness (QED) is 0.530. The Morgan fingerprint density at radius 1 is 0.931 bits per heavy atom. The van der Waals surface area contributed by atoms with Gasteiger partial charge in [-0.1, -0.05) is 61.4 Å². The largest absolute Gasteiger partial charge is 0.302 e. The molecule has 4 nitrogen and oxygen atoms in total. The molecule has 0 spiro atoms. The molecular weight excluding hydrogens is 374 g/mol. The first-order valence-electron chi connectivity index (χ1n) is 8.52. The van der Waals surface area contributed by atoms with Gasteiger partial charge in [0.25, 0.3) is 11.8 Å². The summed E-state index contributed by atoms with van der Waals surface area (Å²) in [6, 6.07) is 17.2. The van der Waals surface area contributed by atoms with Crippen LogP contribution in [0.2, 0.25) is 0 Å². The molecule has 0 N–H and O–H groups in total. The first-order valence-corrected chi connectivity index (χ1v) is 8.52. The zero-order valence-electron chi connectivity index (χ0n) is 15.5. The van der Waals surface area contributed by atoms with E-state index in [2.05, 4.69) is 25.0 Å². The number of amides is 2. The highest BCUT2D eigenvalue weighted by Gasteiger charge is 2.21. The van der Waals surface area contributed by atoms with Crippen LogP contribution in [0.4, 0.5) is 20.2 Å². The Hall–Kier alpha value is -3.98. The molecule has 0 heterocycles. The van der Waals surface area contributed by atoms with Crippen LogP contribution in [0.15, 0.2) is 97.8 Å². The third-order valence-corrected chi connectivity index (χ3v) is 3.70. The van der Waals surface area contributed by atoms with Crippen LogP contribution in [0.1, 0.15) is 0 Å². The van der Waals surface area contributed by atoms with Gasteiger partial charge in [-0.05, 0) is 24.3 Å². The van der Waals surface area contributed by atoms with Crippen molar-refractivity contribution < 1.29 is 18.4 Å². The maximum absolute atomic E-state index is 14.5. The van der Waals surface area contributed by atoms with Gasteiger partial charge in [0.2, 0.25) is 0 Å². The molecule has 29 heavy (non-hydrogen) atoms. The molecule has 0 radical (unpaired) electrons. The van der Waals surface area contributed by atoms with Crippen molar-refractivity contribution in [3.63, 3.8) is 0 Å². The second kappa shape index (κ2) is 10.4. The number of para-hydroxylation sites is 2. The van der Waals surface area contributed by atoms with E-state index in [1.165, 1.54) is 4.90 Å². The lowest BCUT2D eigenvalue weighted by Crippen LogP contribution is -2.26. The van der Waals surface area contributed by atoms with E-state index in [-0.39, 0.29) is 6.54 Å². The van der Waals surface area contributed by atoms with Crippen molar-refractivity contribution in [2.24, 2.45) is 0 Å². The molecule has 0 aromatic heterocycles. The van der Waals surface area contributed by atoms with Crippen molar-refractivity contribution in [3.05, 3.63) is 97.8 Å². The summed E-state index contributed by atoms with van der Waals surface area (Å²) in [5, 5.41) is 0. The van der Waals surface area contributed by atoms with Crippen molar-refractivity contribution in [1.82, 2.24) is 4.90 Å². The standard InChI is InChI=1S/C23H18F2N2O2/c1-3-26(22(28)18(2)24)17-11-10-16-21(25)23(29)27(19-12-6-4-7-13-19)20-14-8-5-9-15-20/h3-9,12-16H,1-2,17H2/b21-16-. The number of halogens is 2. The lowest BCUT2D eigenvalue weighted by Gasteiger charge is -2.22. The van der Waals surface area contributed by atoms with Crippen LogP contribution < -0.4 is 4.90 Å². The highest BCUT2D eigenvalue weighted by atomic mass is 19.1. The molecule has 0 saturated carbocycles. The molecule has 0 saturated heterocycles. The fraction of sp³-hybridized carbons (Fsp3) is 0.0435. The molecule has 0 fully saturated rings. The van der Waals surface area contributed by atoms with Gasteiger partial charge < -0.3 is 4.90 Å². The second-order valence-corrected chi connectivity index (χ2v) is 5.65. The maximum Gasteiger partial charge on any atom is 0.292 e. The highest BCUT2D eigenvalue weighted by Crippen LogP contribution is 2.27. The molecule has 2 aromatic carbocycles. The van der Waals surface area contributed by atoms with E-state index in [0.717, 1.165) is 17.2 Å². The molecule has 0 bridgehead atoms. The average molecular weight is 392 g/mol. The van der Waals surface area contributed by atoms with Gasteiger partial charge in [-0.15, -0.1) is 0 Å². The minimum absolute atomic E-state index is 0.232. The molecule has 0 aliphatic carbocycles. The summed E-state index contributed by atoms with van der Waals surface area (Å²) in [7, 11) is 0. The van der Waals surface area contributed by atoms with E-state index in [0.29, 0.717) is 11.4 Å². The Morgan fingerprint density at radius 3 is 1.90 bits per heavy atom. The fourth-order valence-electron chi connectivity index (χ4n) is 2.33. The van der Waals surface area contributed by atoms with Crippen molar-refractivity contribution in [2.75, 3.05) is 11.4 Å². The van der Waals surface area contributed by atoms with E-state index in [1.54, 1.807) is 60.7 Å². The van der Waals surface area contributed by atoms with Gasteiger partial charge >= 0.3 is 0 Å². The SMILES string of the molecule is C=CN(CC#C/C=C(\F)C(=O)N(c1ccccc1)c1ccccc1)C(=O)C(=C)F. The van der Waals surface area contributed by atoms with E-state index >= 15 is 0 Å². The monoisotopic (exact) mass is 392 g/mol. The van der Waals surface area contributed by atoms with Crippen molar-refractivity contribution >= 4 is 23.2 Å². The fourth-order valence-corrected chi connectivity index (χ4v) is 2.33. The van der Waals surface area contributed by atoms with Crippen molar-refractivity contribution in [2.45, 2.75) is 0 Å². The predicted molar refractivity (Wildman–Crippen MR) is 109 cm³/mol. The molecule has 2 rings (SSSR count). The van der Waals surface area contributed by atoms with Crippen LogP contribution in [-0.2, 0) is 9.59 Å². The van der Waals surface area contributed by atoms with Crippen LogP contribution in [0.25, 0.3) is 0 Å². The van der Waals surface area contributed by atoms with Crippen LogP contribution >= 0.6 is 0 Å². The molecule has 2 aromatic rings. The Bertz CT molecular complexity index is 950. The Kier molecular flexibility index (Phi) is 7.63. The number of carbonyl (C=O) groups is 2. The number of anilines is 2. The zero-order valence-corrected chi connectivity index (χ0v) is 15.5. The molecule has 2 amide bonds. The summed E-state index contributed by atoms with van der Waals surface area (Å²) in [6.45, 7) is 6.05. The number of nitrogens with zero attached hydrogens (tertiary/aromatic N) is 2. The van der Waals surface area contributed by atoms with Crippen LogP contribution in [-0.4, -0.2) is 23.3 Å². The molecule has 0 aliphatic heterocycles. The average Bonchev–Trinajstić information content (AvgIpc) is 2.74. The first-order chi connectivity index (χ1) is 14.0. The van der Waals surface area contributed by atoms with Crippen molar-refractivity contribution in [1.29, 1.82) is 0 Å². The third-order valence-electron chi connectivity index (χ3n) is 3.70. The lowest BCUT2D eigenvalue weighted by atomic mass is 10.2. The summed E-state index contributed by atoms with van der Waals surface area (Å²) in [5.41, 5.74) is 0.982. The van der Waals surface area contributed by atoms with Gasteiger partial charge in [0.05, 0.1) is 6.54 Å². The number of hydrogen-bond donors (Lipinski definition) is 0. The zero-order chi connectivity index (χ0) is 21.2. The summed E-state index contributed by atoms with van der Waals surface area (Å²) < 4.78 is 27.4. The third kappa shape index (κ3) is 5.75. The number of rotatable bonds is 6.